The van der Waals surface area contributed by atoms with Gasteiger partial charge in [0, 0.05) is 29.7 Å². The minimum Gasteiger partial charge on any atom is -0.340 e. The Kier molecular flexibility index (Phi) is 5.61. The van der Waals surface area contributed by atoms with Crippen molar-refractivity contribution in [2.24, 2.45) is 0 Å². The molecule has 0 aliphatic carbocycles. The Morgan fingerprint density at radius 1 is 0.926 bits per heavy atom. The van der Waals surface area contributed by atoms with Gasteiger partial charge in [-0.15, -0.1) is 0 Å². The smallest absolute Gasteiger partial charge is 0.259 e. The number of Topliss-reactive ketones (excluding diaryl/α,β-unsaturated/α-hetero) is 1. The van der Waals surface area contributed by atoms with E-state index in [9.17, 15) is 9.59 Å². The van der Waals surface area contributed by atoms with Crippen molar-refractivity contribution in [3.8, 4) is 0 Å². The van der Waals surface area contributed by atoms with Gasteiger partial charge in [-0.1, -0.05) is 18.2 Å². The van der Waals surface area contributed by atoms with Crippen molar-refractivity contribution in [2.75, 3.05) is 16.8 Å². The van der Waals surface area contributed by atoms with E-state index in [0.717, 1.165) is 11.4 Å². The highest BCUT2D eigenvalue weighted by Gasteiger charge is 2.16. The van der Waals surface area contributed by atoms with E-state index < -0.39 is 0 Å². The zero-order valence-corrected chi connectivity index (χ0v) is 15.3. The number of carbonyl (C=O) groups is 2. The van der Waals surface area contributed by atoms with Crippen LogP contribution in [0.2, 0.25) is 0 Å². The maximum absolute atomic E-state index is 12.8. The molecule has 0 atom stereocenters. The van der Waals surface area contributed by atoms with Crippen molar-refractivity contribution in [2.45, 2.75) is 13.8 Å². The molecule has 27 heavy (non-hydrogen) atoms. The maximum atomic E-state index is 12.8. The van der Waals surface area contributed by atoms with E-state index in [0.29, 0.717) is 23.5 Å². The molecule has 0 saturated carbocycles. The van der Waals surface area contributed by atoms with Crippen molar-refractivity contribution in [1.29, 1.82) is 0 Å². The summed E-state index contributed by atoms with van der Waals surface area (Å²) in [6.45, 7) is 4.05. The van der Waals surface area contributed by atoms with Crippen LogP contribution < -0.4 is 10.2 Å². The van der Waals surface area contributed by atoms with E-state index in [-0.39, 0.29) is 11.7 Å². The molecule has 136 valence electrons. The van der Waals surface area contributed by atoms with Crippen LogP contribution in [0.15, 0.2) is 72.9 Å². The summed E-state index contributed by atoms with van der Waals surface area (Å²) in [6.07, 6.45) is 1.57. The third kappa shape index (κ3) is 4.39. The number of amides is 1. The Balaban J connectivity index is 1.72. The molecule has 0 aliphatic rings. The minimum atomic E-state index is -0.0893. The normalized spacial score (nSPS) is 10.3. The van der Waals surface area contributed by atoms with Gasteiger partial charge in [-0.2, -0.15) is 0 Å². The average molecular weight is 359 g/mol. The molecule has 3 aromatic rings. The van der Waals surface area contributed by atoms with Crippen molar-refractivity contribution in [1.82, 2.24) is 4.98 Å². The molecule has 1 heterocycles. The van der Waals surface area contributed by atoms with E-state index in [1.54, 1.807) is 35.4 Å². The molecule has 0 aliphatic heterocycles. The SMILES string of the molecule is CCN(C(=O)c1ccc(Nc2ccc(C(C)=O)cc2)nc1)c1ccccc1. The summed E-state index contributed by atoms with van der Waals surface area (Å²) in [5.74, 6) is 0.569. The van der Waals surface area contributed by atoms with E-state index in [2.05, 4.69) is 10.3 Å². The fourth-order valence-electron chi connectivity index (χ4n) is 2.74. The van der Waals surface area contributed by atoms with Crippen molar-refractivity contribution >= 4 is 28.9 Å². The molecule has 0 unspecified atom stereocenters. The van der Waals surface area contributed by atoms with E-state index in [1.807, 2.05) is 49.4 Å². The van der Waals surface area contributed by atoms with Crippen LogP contribution in [0.5, 0.6) is 0 Å². The predicted molar refractivity (Wildman–Crippen MR) is 108 cm³/mol. The maximum Gasteiger partial charge on any atom is 0.259 e. The summed E-state index contributed by atoms with van der Waals surface area (Å²) in [6, 6.07) is 20.3. The lowest BCUT2D eigenvalue weighted by Crippen LogP contribution is -2.30. The predicted octanol–water partition coefficient (Wildman–Crippen LogP) is 4.69. The molecule has 1 N–H and O–H groups in total. The second-order valence-corrected chi connectivity index (χ2v) is 6.08. The summed E-state index contributed by atoms with van der Waals surface area (Å²) in [5, 5.41) is 3.16. The number of rotatable bonds is 6. The Labute approximate surface area is 158 Å². The van der Waals surface area contributed by atoms with Gasteiger partial charge < -0.3 is 10.2 Å². The first-order valence-electron chi connectivity index (χ1n) is 8.79. The highest BCUT2D eigenvalue weighted by Crippen LogP contribution is 2.19. The topological polar surface area (TPSA) is 62.3 Å². The van der Waals surface area contributed by atoms with Crippen LogP contribution in [0.25, 0.3) is 0 Å². The third-order valence-corrected chi connectivity index (χ3v) is 4.20. The van der Waals surface area contributed by atoms with Gasteiger partial charge in [-0.25, -0.2) is 4.98 Å². The Hall–Kier alpha value is -3.47. The summed E-state index contributed by atoms with van der Waals surface area (Å²) in [7, 11) is 0. The molecule has 5 heteroatoms. The number of ketones is 1. The fourth-order valence-corrected chi connectivity index (χ4v) is 2.74. The number of hydrogen-bond donors (Lipinski definition) is 1. The minimum absolute atomic E-state index is 0.0291. The Bertz CT molecular complexity index is 920. The number of nitrogens with one attached hydrogen (secondary N) is 1. The summed E-state index contributed by atoms with van der Waals surface area (Å²) in [4.78, 5) is 30.2. The molecule has 0 radical (unpaired) electrons. The van der Waals surface area contributed by atoms with E-state index in [4.69, 9.17) is 0 Å². The molecule has 3 rings (SSSR count). The molecule has 1 amide bonds. The van der Waals surface area contributed by atoms with Crippen molar-refractivity contribution in [3.63, 3.8) is 0 Å². The second-order valence-electron chi connectivity index (χ2n) is 6.08. The number of anilines is 3. The van der Waals surface area contributed by atoms with Crippen LogP contribution in [0, 0.1) is 0 Å². The average Bonchev–Trinajstić information content (AvgIpc) is 2.70. The first-order valence-corrected chi connectivity index (χ1v) is 8.79. The van der Waals surface area contributed by atoms with Gasteiger partial charge in [0.2, 0.25) is 0 Å². The van der Waals surface area contributed by atoms with Crippen LogP contribution in [-0.4, -0.2) is 23.2 Å². The quantitative estimate of drug-likeness (QED) is 0.648. The summed E-state index contributed by atoms with van der Waals surface area (Å²) >= 11 is 0. The van der Waals surface area contributed by atoms with E-state index >= 15 is 0 Å². The fraction of sp³-hybridized carbons (Fsp3) is 0.136. The van der Waals surface area contributed by atoms with Gasteiger partial charge in [-0.05, 0) is 62.4 Å². The monoisotopic (exact) mass is 359 g/mol. The van der Waals surface area contributed by atoms with Crippen molar-refractivity contribution in [3.05, 3.63) is 84.1 Å². The highest BCUT2D eigenvalue weighted by atomic mass is 16.2. The summed E-state index contributed by atoms with van der Waals surface area (Å²) < 4.78 is 0. The van der Waals surface area contributed by atoms with Crippen LogP contribution >= 0.6 is 0 Å². The molecule has 0 bridgehead atoms. The molecule has 0 saturated heterocycles. The molecular weight excluding hydrogens is 338 g/mol. The molecule has 0 fully saturated rings. The van der Waals surface area contributed by atoms with Gasteiger partial charge in [-0.3, -0.25) is 9.59 Å². The first-order chi connectivity index (χ1) is 13.1. The van der Waals surface area contributed by atoms with Gasteiger partial charge in [0.05, 0.1) is 5.56 Å². The lowest BCUT2D eigenvalue weighted by molar-refractivity contribution is 0.0985. The number of pyridine rings is 1. The number of aromatic nitrogens is 1. The number of carbonyl (C=O) groups excluding carboxylic acids is 2. The number of nitrogens with zero attached hydrogens (tertiary/aromatic N) is 2. The Morgan fingerprint density at radius 2 is 1.59 bits per heavy atom. The van der Waals surface area contributed by atoms with Crippen LogP contribution in [0.3, 0.4) is 0 Å². The standard InChI is InChI=1S/C22H21N3O2/c1-3-25(20-7-5-4-6-8-20)22(27)18-11-14-21(23-15-18)24-19-12-9-17(10-13-19)16(2)26/h4-15H,3H2,1-2H3,(H,23,24). The molecule has 2 aromatic carbocycles. The van der Waals surface area contributed by atoms with Gasteiger partial charge in [0.15, 0.2) is 5.78 Å². The molecular formula is C22H21N3O2. The molecule has 5 nitrogen and oxygen atoms in total. The van der Waals surface area contributed by atoms with Crippen LogP contribution in [0.1, 0.15) is 34.6 Å². The Morgan fingerprint density at radius 3 is 2.15 bits per heavy atom. The first kappa shape index (κ1) is 18.3. The lowest BCUT2D eigenvalue weighted by Gasteiger charge is -2.21. The molecule has 1 aromatic heterocycles. The van der Waals surface area contributed by atoms with Crippen LogP contribution in [0.4, 0.5) is 17.2 Å². The number of hydrogen-bond acceptors (Lipinski definition) is 4. The van der Waals surface area contributed by atoms with Gasteiger partial charge in [0.25, 0.3) is 5.91 Å². The van der Waals surface area contributed by atoms with Gasteiger partial charge >= 0.3 is 0 Å². The van der Waals surface area contributed by atoms with Crippen molar-refractivity contribution < 1.29 is 9.59 Å². The largest absolute Gasteiger partial charge is 0.340 e. The third-order valence-electron chi connectivity index (χ3n) is 4.20. The number of para-hydroxylation sites is 1. The van der Waals surface area contributed by atoms with Crippen LogP contribution in [-0.2, 0) is 0 Å². The summed E-state index contributed by atoms with van der Waals surface area (Å²) in [5.41, 5.74) is 2.87. The molecule has 0 spiro atoms. The highest BCUT2D eigenvalue weighted by molar-refractivity contribution is 6.06. The number of benzene rings is 2. The lowest BCUT2D eigenvalue weighted by atomic mass is 10.1. The zero-order valence-electron chi connectivity index (χ0n) is 15.3. The van der Waals surface area contributed by atoms with E-state index in [1.165, 1.54) is 6.92 Å². The second kappa shape index (κ2) is 8.27. The van der Waals surface area contributed by atoms with Gasteiger partial charge in [0.1, 0.15) is 5.82 Å². The zero-order chi connectivity index (χ0) is 19.2.